The van der Waals surface area contributed by atoms with E-state index in [1.807, 2.05) is 36.4 Å². The quantitative estimate of drug-likeness (QED) is 0.546. The third-order valence-electron chi connectivity index (χ3n) is 6.73. The third kappa shape index (κ3) is 4.88. The molecule has 1 aromatic heterocycles. The number of nitrogens with zero attached hydrogens (tertiary/aromatic N) is 3. The number of benzene rings is 2. The lowest BCUT2D eigenvalue weighted by Gasteiger charge is -2.31. The average molecular weight is 474 g/mol. The Morgan fingerprint density at radius 1 is 1.06 bits per heavy atom. The van der Waals surface area contributed by atoms with Gasteiger partial charge in [-0.25, -0.2) is 4.98 Å². The molecule has 3 N–H and O–H groups in total. The van der Waals surface area contributed by atoms with E-state index in [-0.39, 0.29) is 11.9 Å². The minimum Gasteiger partial charge on any atom is -0.383 e. The molecule has 3 aromatic rings. The van der Waals surface area contributed by atoms with Crippen molar-refractivity contribution in [3.05, 3.63) is 72.2 Å². The number of aromatic nitrogens is 1. The number of hydrogen-bond donors (Lipinski definition) is 2. The zero-order valence-electron chi connectivity index (χ0n) is 20.4. The van der Waals surface area contributed by atoms with Crippen molar-refractivity contribution in [1.82, 2.24) is 15.2 Å². The first-order chi connectivity index (χ1) is 16.9. The van der Waals surface area contributed by atoms with Crippen molar-refractivity contribution < 1.29 is 9.13 Å². The van der Waals surface area contributed by atoms with Crippen LogP contribution in [0.15, 0.2) is 55.1 Å². The Kier molecular flexibility index (Phi) is 6.45. The zero-order valence-corrected chi connectivity index (χ0v) is 20.4. The molecule has 2 aliphatic rings. The molecule has 0 aliphatic carbocycles. The second-order valence-corrected chi connectivity index (χ2v) is 9.56. The summed E-state index contributed by atoms with van der Waals surface area (Å²) in [6, 6.07) is 16.2. The third-order valence-corrected chi connectivity index (χ3v) is 6.73. The van der Waals surface area contributed by atoms with E-state index >= 15 is 0 Å². The minimum atomic E-state index is -0.563. The number of nitrogens with one attached hydrogen (secondary N) is 1. The number of ether oxygens (including phenoxy) is 1. The molecule has 1 saturated heterocycles. The van der Waals surface area contributed by atoms with E-state index in [4.69, 9.17) is 10.5 Å². The lowest BCUT2D eigenvalue weighted by atomic mass is 9.90. The zero-order chi connectivity index (χ0) is 24.5. The van der Waals surface area contributed by atoms with Crippen molar-refractivity contribution >= 4 is 17.2 Å². The average Bonchev–Trinajstić information content (AvgIpc) is 2.84. The fraction of sp³-hybridized carbons (Fsp3) is 0.321. The molecule has 1 atom stereocenters. The summed E-state index contributed by atoms with van der Waals surface area (Å²) in [6.07, 6.45) is 0.880. The van der Waals surface area contributed by atoms with Crippen LogP contribution in [-0.4, -0.2) is 62.9 Å². The van der Waals surface area contributed by atoms with Gasteiger partial charge in [0, 0.05) is 53.8 Å². The highest BCUT2D eigenvalue weighted by Crippen LogP contribution is 2.35. The van der Waals surface area contributed by atoms with Gasteiger partial charge in [-0.1, -0.05) is 36.9 Å². The first kappa shape index (κ1) is 23.3. The summed E-state index contributed by atoms with van der Waals surface area (Å²) in [7, 11) is 4.13. The topological polar surface area (TPSA) is 66.6 Å². The highest BCUT2D eigenvalue weighted by molar-refractivity contribution is 5.82. The first-order valence-electron chi connectivity index (χ1n) is 12.0. The Morgan fingerprint density at radius 3 is 2.49 bits per heavy atom. The highest BCUT2D eigenvalue weighted by atomic mass is 19.1. The maximum Gasteiger partial charge on any atom is 0.222 e. The maximum atomic E-state index is 14.9. The Morgan fingerprint density at radius 2 is 1.77 bits per heavy atom. The van der Waals surface area contributed by atoms with Gasteiger partial charge in [-0.3, -0.25) is 0 Å². The summed E-state index contributed by atoms with van der Waals surface area (Å²) in [5, 5.41) is 3.51. The summed E-state index contributed by atoms with van der Waals surface area (Å²) in [5.74, 6) is -0.374. The van der Waals surface area contributed by atoms with E-state index in [2.05, 4.69) is 52.9 Å². The van der Waals surface area contributed by atoms with Crippen molar-refractivity contribution in [3.63, 3.8) is 0 Å². The number of nitrogens with two attached hydrogens (primary N) is 1. The van der Waals surface area contributed by atoms with Crippen LogP contribution in [0, 0.1) is 5.95 Å². The first-order valence-corrected chi connectivity index (χ1v) is 12.0. The second kappa shape index (κ2) is 9.68. The van der Waals surface area contributed by atoms with Gasteiger partial charge >= 0.3 is 0 Å². The molecule has 3 heterocycles. The van der Waals surface area contributed by atoms with Gasteiger partial charge in [0.15, 0.2) is 0 Å². The van der Waals surface area contributed by atoms with Gasteiger partial charge in [-0.2, -0.15) is 4.39 Å². The fourth-order valence-corrected chi connectivity index (χ4v) is 5.03. The molecular weight excluding hydrogens is 441 g/mol. The minimum absolute atomic E-state index is 0.189. The predicted molar refractivity (Wildman–Crippen MR) is 141 cm³/mol. The van der Waals surface area contributed by atoms with Crippen molar-refractivity contribution in [1.29, 1.82) is 0 Å². The Balaban J connectivity index is 1.46. The van der Waals surface area contributed by atoms with Gasteiger partial charge in [-0.05, 0) is 55.4 Å². The lowest BCUT2D eigenvalue weighted by molar-refractivity contribution is 0.122. The molecule has 182 valence electrons. The number of rotatable bonds is 5. The van der Waals surface area contributed by atoms with Gasteiger partial charge in [0.05, 0.1) is 13.2 Å². The molecule has 0 bridgehead atoms. The molecule has 7 heteroatoms. The number of nitrogen functional groups attached to an aromatic ring is 1. The smallest absolute Gasteiger partial charge is 0.222 e. The number of likely N-dealkylation sites (N-methyl/N-ethyl adjacent to an activating group) is 1. The summed E-state index contributed by atoms with van der Waals surface area (Å²) in [6.45, 7) is 8.29. The fourth-order valence-electron chi connectivity index (χ4n) is 5.03. The van der Waals surface area contributed by atoms with Crippen LogP contribution >= 0.6 is 0 Å². The van der Waals surface area contributed by atoms with E-state index in [9.17, 15) is 4.39 Å². The molecule has 35 heavy (non-hydrogen) atoms. The van der Waals surface area contributed by atoms with Crippen LogP contribution in [0.1, 0.15) is 11.1 Å². The van der Waals surface area contributed by atoms with Gasteiger partial charge in [0.2, 0.25) is 5.95 Å². The summed E-state index contributed by atoms with van der Waals surface area (Å²) in [4.78, 5) is 8.51. The van der Waals surface area contributed by atoms with Gasteiger partial charge in [0.25, 0.3) is 0 Å². The van der Waals surface area contributed by atoms with Crippen LogP contribution in [0.2, 0.25) is 0 Å². The summed E-state index contributed by atoms with van der Waals surface area (Å²) < 4.78 is 20.4. The molecule has 0 radical (unpaired) electrons. The number of morpholine rings is 1. The van der Waals surface area contributed by atoms with Crippen molar-refractivity contribution in [2.75, 3.05) is 57.6 Å². The lowest BCUT2D eigenvalue weighted by Crippen LogP contribution is -2.41. The van der Waals surface area contributed by atoms with Gasteiger partial charge in [0.1, 0.15) is 5.82 Å². The molecule has 0 saturated carbocycles. The van der Waals surface area contributed by atoms with E-state index in [0.29, 0.717) is 5.56 Å². The Hall–Kier alpha value is -3.42. The predicted octanol–water partition coefficient (Wildman–Crippen LogP) is 4.02. The number of pyridine rings is 1. The molecule has 0 spiro atoms. The monoisotopic (exact) mass is 473 g/mol. The Labute approximate surface area is 206 Å². The number of fused-ring (bicyclic) bond motifs is 1. The van der Waals surface area contributed by atoms with Crippen molar-refractivity contribution in [2.24, 2.45) is 0 Å². The standard InChI is InChI=1S/C28H32FN5O/c1-18-24-9-6-20(14-21(24)15-22(31-18)17-33(2)3)26-16-25(27(29)32-28(26)30)19-4-7-23(8-5-19)34-10-12-35-13-11-34/h4-9,14,16,22,31H,1,10-13,15,17H2,2-3H3,(H2,30,32). The van der Waals surface area contributed by atoms with E-state index in [1.54, 1.807) is 0 Å². The van der Waals surface area contributed by atoms with Crippen LogP contribution in [0.3, 0.4) is 0 Å². The number of anilines is 2. The summed E-state index contributed by atoms with van der Waals surface area (Å²) >= 11 is 0. The van der Waals surface area contributed by atoms with Crippen molar-refractivity contribution in [2.45, 2.75) is 12.5 Å². The van der Waals surface area contributed by atoms with Crippen LogP contribution in [0.5, 0.6) is 0 Å². The van der Waals surface area contributed by atoms with Gasteiger partial charge < -0.3 is 25.6 Å². The van der Waals surface area contributed by atoms with E-state index in [1.165, 1.54) is 5.56 Å². The molecular formula is C28H32FN5O. The summed E-state index contributed by atoms with van der Waals surface area (Å²) in [5.41, 5.74) is 13.4. The largest absolute Gasteiger partial charge is 0.383 e. The molecule has 6 nitrogen and oxygen atoms in total. The Bertz CT molecular complexity index is 1230. The maximum absolute atomic E-state index is 14.9. The van der Waals surface area contributed by atoms with Crippen LogP contribution in [-0.2, 0) is 11.2 Å². The normalized spacial score (nSPS) is 17.9. The van der Waals surface area contributed by atoms with E-state index in [0.717, 1.165) is 72.9 Å². The molecule has 5 rings (SSSR count). The van der Waals surface area contributed by atoms with Gasteiger partial charge in [-0.15, -0.1) is 0 Å². The van der Waals surface area contributed by atoms with Crippen LogP contribution in [0.4, 0.5) is 15.9 Å². The molecule has 0 amide bonds. The SMILES string of the molecule is C=C1NC(CN(C)C)Cc2cc(-c3cc(-c4ccc(N5CCOCC5)cc4)c(F)nc3N)ccc21. The number of hydrogen-bond acceptors (Lipinski definition) is 6. The molecule has 2 aromatic carbocycles. The van der Waals surface area contributed by atoms with Crippen molar-refractivity contribution in [3.8, 4) is 22.3 Å². The highest BCUT2D eigenvalue weighted by Gasteiger charge is 2.22. The number of halogens is 1. The second-order valence-electron chi connectivity index (χ2n) is 9.56. The van der Waals surface area contributed by atoms with E-state index < -0.39 is 5.95 Å². The molecule has 1 fully saturated rings. The molecule has 1 unspecified atom stereocenters. The molecule has 2 aliphatic heterocycles. The van der Waals surface area contributed by atoms with Crippen LogP contribution in [0.25, 0.3) is 28.0 Å². The van der Waals surface area contributed by atoms with Crippen LogP contribution < -0.4 is 16.0 Å².